The number of hydrogen-bond donors (Lipinski definition) is 0. The first kappa shape index (κ1) is 13.6. The first-order valence-electron chi connectivity index (χ1n) is 5.68. The molecule has 0 atom stereocenters. The van der Waals surface area contributed by atoms with Gasteiger partial charge in [-0.25, -0.2) is 0 Å². The SMILES string of the molecule is CC(=O)c1onc(-c2ccc([N+](=O)[O-])cc2)c1C(C)=O. The van der Waals surface area contributed by atoms with Crippen LogP contribution in [-0.2, 0) is 0 Å². The van der Waals surface area contributed by atoms with Gasteiger partial charge in [0.05, 0.1) is 10.5 Å². The quantitative estimate of drug-likeness (QED) is 0.482. The van der Waals surface area contributed by atoms with E-state index in [1.165, 1.54) is 38.1 Å². The number of hydrogen-bond acceptors (Lipinski definition) is 6. The van der Waals surface area contributed by atoms with Gasteiger partial charge in [-0.2, -0.15) is 0 Å². The predicted molar refractivity (Wildman–Crippen MR) is 68.6 cm³/mol. The number of nitro benzene ring substituents is 1. The van der Waals surface area contributed by atoms with Crippen LogP contribution in [0.25, 0.3) is 11.3 Å². The van der Waals surface area contributed by atoms with Gasteiger partial charge < -0.3 is 4.52 Å². The van der Waals surface area contributed by atoms with Crippen molar-refractivity contribution in [3.63, 3.8) is 0 Å². The van der Waals surface area contributed by atoms with Gasteiger partial charge in [-0.3, -0.25) is 19.7 Å². The Labute approximate surface area is 113 Å². The van der Waals surface area contributed by atoms with Gasteiger partial charge in [-0.05, 0) is 19.1 Å². The van der Waals surface area contributed by atoms with Gasteiger partial charge >= 0.3 is 0 Å². The van der Waals surface area contributed by atoms with Crippen LogP contribution in [0.3, 0.4) is 0 Å². The maximum atomic E-state index is 11.6. The molecule has 20 heavy (non-hydrogen) atoms. The van der Waals surface area contributed by atoms with E-state index in [1.807, 2.05) is 0 Å². The molecule has 7 nitrogen and oxygen atoms in total. The molecule has 0 N–H and O–H groups in total. The summed E-state index contributed by atoms with van der Waals surface area (Å²) in [7, 11) is 0. The van der Waals surface area contributed by atoms with Crippen LogP contribution in [0.5, 0.6) is 0 Å². The number of non-ortho nitro benzene ring substituents is 1. The predicted octanol–water partition coefficient (Wildman–Crippen LogP) is 2.66. The van der Waals surface area contributed by atoms with Gasteiger partial charge in [-0.15, -0.1) is 0 Å². The zero-order chi connectivity index (χ0) is 14.9. The van der Waals surface area contributed by atoms with Crippen molar-refractivity contribution in [2.45, 2.75) is 13.8 Å². The Kier molecular flexibility index (Phi) is 3.43. The van der Waals surface area contributed by atoms with E-state index in [0.717, 1.165) is 0 Å². The molecule has 102 valence electrons. The number of nitro groups is 1. The Balaban J connectivity index is 2.55. The Morgan fingerprint density at radius 3 is 2.20 bits per heavy atom. The molecule has 0 bridgehead atoms. The van der Waals surface area contributed by atoms with Crippen molar-refractivity contribution in [1.29, 1.82) is 0 Å². The molecule has 0 aliphatic rings. The number of carbonyl (C=O) groups excluding carboxylic acids is 2. The highest BCUT2D eigenvalue weighted by molar-refractivity contribution is 6.09. The van der Waals surface area contributed by atoms with Gasteiger partial charge in [-0.1, -0.05) is 5.16 Å². The average Bonchev–Trinajstić information content (AvgIpc) is 2.83. The summed E-state index contributed by atoms with van der Waals surface area (Å²) in [5, 5.41) is 14.3. The van der Waals surface area contributed by atoms with Crippen LogP contribution in [0.2, 0.25) is 0 Å². The molecule has 0 saturated heterocycles. The van der Waals surface area contributed by atoms with Gasteiger partial charge in [0.2, 0.25) is 5.76 Å². The fourth-order valence-corrected chi connectivity index (χ4v) is 1.80. The van der Waals surface area contributed by atoms with Crippen molar-refractivity contribution in [2.75, 3.05) is 0 Å². The van der Waals surface area contributed by atoms with Gasteiger partial charge in [0.15, 0.2) is 11.6 Å². The highest BCUT2D eigenvalue weighted by atomic mass is 16.6. The number of Topliss-reactive ketones (excluding diaryl/α,β-unsaturated/α-hetero) is 2. The first-order chi connectivity index (χ1) is 9.41. The number of aromatic nitrogens is 1. The fourth-order valence-electron chi connectivity index (χ4n) is 1.80. The van der Waals surface area contributed by atoms with Crippen molar-refractivity contribution < 1.29 is 19.0 Å². The second-order valence-corrected chi connectivity index (χ2v) is 4.15. The Morgan fingerprint density at radius 2 is 1.75 bits per heavy atom. The molecule has 2 rings (SSSR count). The molecule has 0 amide bonds. The summed E-state index contributed by atoms with van der Waals surface area (Å²) >= 11 is 0. The molecular weight excluding hydrogens is 264 g/mol. The molecule has 2 aromatic rings. The summed E-state index contributed by atoms with van der Waals surface area (Å²) in [6.07, 6.45) is 0. The Morgan fingerprint density at radius 1 is 1.15 bits per heavy atom. The third-order valence-corrected chi connectivity index (χ3v) is 2.72. The van der Waals surface area contributed by atoms with Crippen molar-refractivity contribution in [1.82, 2.24) is 5.16 Å². The van der Waals surface area contributed by atoms with Crippen molar-refractivity contribution in [3.8, 4) is 11.3 Å². The van der Waals surface area contributed by atoms with Crippen LogP contribution in [0.4, 0.5) is 5.69 Å². The van der Waals surface area contributed by atoms with Crippen LogP contribution in [0, 0.1) is 10.1 Å². The second-order valence-electron chi connectivity index (χ2n) is 4.15. The largest absolute Gasteiger partial charge is 0.352 e. The van der Waals surface area contributed by atoms with E-state index in [1.54, 1.807) is 0 Å². The Bertz CT molecular complexity index is 700. The lowest BCUT2D eigenvalue weighted by Gasteiger charge is -1.99. The number of nitrogens with zero attached hydrogens (tertiary/aromatic N) is 2. The molecule has 1 aromatic heterocycles. The van der Waals surface area contributed by atoms with E-state index in [9.17, 15) is 19.7 Å². The molecule has 0 saturated carbocycles. The molecule has 0 unspecified atom stereocenters. The molecule has 0 radical (unpaired) electrons. The lowest BCUT2D eigenvalue weighted by Crippen LogP contribution is -2.01. The van der Waals surface area contributed by atoms with Crippen LogP contribution in [0.1, 0.15) is 34.8 Å². The smallest absolute Gasteiger partial charge is 0.269 e. The summed E-state index contributed by atoms with van der Waals surface area (Å²) in [6, 6.07) is 5.49. The standard InChI is InChI=1S/C13H10N2O5/c1-7(16)11-12(14-20-13(11)8(2)17)9-3-5-10(6-4-9)15(18)19/h3-6H,1-2H3. The van der Waals surface area contributed by atoms with E-state index in [-0.39, 0.29) is 28.5 Å². The summed E-state index contributed by atoms with van der Waals surface area (Å²) in [5.74, 6) is -0.869. The molecular formula is C13H10N2O5. The molecule has 1 aromatic carbocycles. The molecule has 0 aliphatic heterocycles. The average molecular weight is 274 g/mol. The molecule has 7 heteroatoms. The van der Waals surface area contributed by atoms with Crippen molar-refractivity contribution >= 4 is 17.3 Å². The summed E-state index contributed by atoms with van der Waals surface area (Å²) in [5.41, 5.74) is 0.689. The first-order valence-corrected chi connectivity index (χ1v) is 5.68. The number of benzene rings is 1. The topological polar surface area (TPSA) is 103 Å². The van der Waals surface area contributed by atoms with E-state index < -0.39 is 10.7 Å². The Hall–Kier alpha value is -2.83. The minimum atomic E-state index is -0.528. The highest BCUT2D eigenvalue weighted by Crippen LogP contribution is 2.27. The monoisotopic (exact) mass is 274 g/mol. The van der Waals surface area contributed by atoms with Crippen LogP contribution < -0.4 is 0 Å². The minimum absolute atomic E-state index is 0.0755. The summed E-state index contributed by atoms with van der Waals surface area (Å²) in [4.78, 5) is 33.1. The number of rotatable bonds is 4. The number of ketones is 2. The van der Waals surface area contributed by atoms with E-state index in [4.69, 9.17) is 4.52 Å². The third-order valence-electron chi connectivity index (χ3n) is 2.72. The van der Waals surface area contributed by atoms with E-state index in [2.05, 4.69) is 5.16 Å². The van der Waals surface area contributed by atoms with Gasteiger partial charge in [0.25, 0.3) is 5.69 Å². The maximum absolute atomic E-state index is 11.6. The summed E-state index contributed by atoms with van der Waals surface area (Å²) in [6.45, 7) is 2.57. The van der Waals surface area contributed by atoms with E-state index >= 15 is 0 Å². The lowest BCUT2D eigenvalue weighted by molar-refractivity contribution is -0.384. The van der Waals surface area contributed by atoms with Gasteiger partial charge in [0, 0.05) is 24.6 Å². The zero-order valence-corrected chi connectivity index (χ0v) is 10.7. The van der Waals surface area contributed by atoms with E-state index in [0.29, 0.717) is 5.56 Å². The highest BCUT2D eigenvalue weighted by Gasteiger charge is 2.24. The third kappa shape index (κ3) is 2.33. The second kappa shape index (κ2) is 5.04. The van der Waals surface area contributed by atoms with Gasteiger partial charge in [0.1, 0.15) is 5.69 Å². The zero-order valence-electron chi connectivity index (χ0n) is 10.7. The van der Waals surface area contributed by atoms with Crippen LogP contribution in [0.15, 0.2) is 28.8 Å². The minimum Gasteiger partial charge on any atom is -0.352 e. The van der Waals surface area contributed by atoms with Crippen molar-refractivity contribution in [2.24, 2.45) is 0 Å². The molecule has 1 heterocycles. The molecule has 0 spiro atoms. The summed E-state index contributed by atoms with van der Waals surface area (Å²) < 4.78 is 4.90. The maximum Gasteiger partial charge on any atom is 0.269 e. The molecule has 0 aliphatic carbocycles. The fraction of sp³-hybridized carbons (Fsp3) is 0.154. The van der Waals surface area contributed by atoms with Crippen LogP contribution in [-0.4, -0.2) is 21.6 Å². The van der Waals surface area contributed by atoms with Crippen molar-refractivity contribution in [3.05, 3.63) is 45.7 Å². The lowest BCUT2D eigenvalue weighted by atomic mass is 10.0. The number of carbonyl (C=O) groups is 2. The van der Waals surface area contributed by atoms with Crippen LogP contribution >= 0.6 is 0 Å². The normalized spacial score (nSPS) is 10.3. The molecule has 0 fully saturated rings.